The highest BCUT2D eigenvalue weighted by atomic mass is 32.1. The van der Waals surface area contributed by atoms with Crippen LogP contribution in [0.2, 0.25) is 0 Å². The van der Waals surface area contributed by atoms with E-state index in [2.05, 4.69) is 26.3 Å². The summed E-state index contributed by atoms with van der Waals surface area (Å²) in [6.45, 7) is 5.84. The minimum absolute atomic E-state index is 0.00984. The van der Waals surface area contributed by atoms with E-state index < -0.39 is 0 Å². The fourth-order valence-electron chi connectivity index (χ4n) is 1.50. The molecule has 2 heterocycles. The molecule has 0 spiro atoms. The lowest BCUT2D eigenvalue weighted by Gasteiger charge is -2.13. The van der Waals surface area contributed by atoms with Gasteiger partial charge in [0.2, 0.25) is 11.9 Å². The summed E-state index contributed by atoms with van der Waals surface area (Å²) in [4.78, 5) is 13.4. The maximum atomic E-state index is 5.65. The number of nitrogens with one attached hydrogen (secondary N) is 1. The smallest absolute Gasteiger partial charge is 0.323 e. The molecule has 0 aromatic carbocycles. The number of nitrogens with zero attached hydrogens (tertiary/aromatic N) is 3. The summed E-state index contributed by atoms with van der Waals surface area (Å²) in [5.74, 6) is 0.565. The molecule has 3 N–H and O–H groups in total. The first-order valence-electron chi connectivity index (χ1n) is 6.02. The molecule has 2 rings (SSSR count). The Bertz CT molecular complexity index is 529. The zero-order valence-corrected chi connectivity index (χ0v) is 11.9. The summed E-state index contributed by atoms with van der Waals surface area (Å²) in [6.07, 6.45) is -0.00984. The van der Waals surface area contributed by atoms with E-state index in [0.717, 1.165) is 0 Å². The van der Waals surface area contributed by atoms with Crippen LogP contribution >= 0.6 is 11.3 Å². The summed E-state index contributed by atoms with van der Waals surface area (Å²) in [5, 5.41) is 5.22. The van der Waals surface area contributed by atoms with Gasteiger partial charge in [0.1, 0.15) is 0 Å². The first-order chi connectivity index (χ1) is 9.04. The Kier molecular flexibility index (Phi) is 4.16. The van der Waals surface area contributed by atoms with Gasteiger partial charge in [-0.2, -0.15) is 15.0 Å². The predicted octanol–water partition coefficient (Wildman–Crippen LogP) is 2.48. The van der Waals surface area contributed by atoms with Crippen LogP contribution in [0.1, 0.15) is 31.7 Å². The maximum absolute atomic E-state index is 5.65. The van der Waals surface area contributed by atoms with Crippen LogP contribution in [0.5, 0.6) is 6.01 Å². The average molecular weight is 279 g/mol. The van der Waals surface area contributed by atoms with Crippen LogP contribution in [0.4, 0.5) is 11.9 Å². The van der Waals surface area contributed by atoms with Gasteiger partial charge in [-0.1, -0.05) is 6.07 Å². The third kappa shape index (κ3) is 3.78. The van der Waals surface area contributed by atoms with Gasteiger partial charge in [0.15, 0.2) is 0 Å². The van der Waals surface area contributed by atoms with Crippen molar-refractivity contribution in [3.8, 4) is 6.01 Å². The first-order valence-corrected chi connectivity index (χ1v) is 6.90. The quantitative estimate of drug-likeness (QED) is 0.874. The second-order valence-electron chi connectivity index (χ2n) is 4.35. The zero-order valence-electron chi connectivity index (χ0n) is 11.1. The molecule has 0 aliphatic carbocycles. The molecule has 102 valence electrons. The van der Waals surface area contributed by atoms with Crippen molar-refractivity contribution in [3.05, 3.63) is 22.4 Å². The first kappa shape index (κ1) is 13.5. The fraction of sp³-hybridized carbons (Fsp3) is 0.417. The Balaban J connectivity index is 2.13. The molecule has 2 aromatic rings. The molecular formula is C12H17N5OS. The second-order valence-corrected chi connectivity index (χ2v) is 5.33. The average Bonchev–Trinajstić information content (AvgIpc) is 2.79. The van der Waals surface area contributed by atoms with Gasteiger partial charge >= 0.3 is 6.01 Å². The number of hydrogen-bond acceptors (Lipinski definition) is 7. The number of anilines is 2. The largest absolute Gasteiger partial charge is 0.461 e. The van der Waals surface area contributed by atoms with E-state index in [1.165, 1.54) is 4.88 Å². The molecule has 0 amide bonds. The lowest BCUT2D eigenvalue weighted by atomic mass is 10.3. The predicted molar refractivity (Wildman–Crippen MR) is 76.4 cm³/mol. The molecule has 0 saturated heterocycles. The minimum atomic E-state index is -0.00984. The van der Waals surface area contributed by atoms with E-state index in [4.69, 9.17) is 10.5 Å². The molecule has 0 fully saturated rings. The highest BCUT2D eigenvalue weighted by Gasteiger charge is 2.11. The molecule has 2 aromatic heterocycles. The van der Waals surface area contributed by atoms with Crippen LogP contribution in [0, 0.1) is 0 Å². The van der Waals surface area contributed by atoms with Gasteiger partial charge in [-0.25, -0.2) is 0 Å². The summed E-state index contributed by atoms with van der Waals surface area (Å²) in [6, 6.07) is 4.41. The zero-order chi connectivity index (χ0) is 13.8. The highest BCUT2D eigenvalue weighted by Crippen LogP contribution is 2.22. The van der Waals surface area contributed by atoms with Crippen LogP contribution in [0.15, 0.2) is 17.5 Å². The lowest BCUT2D eigenvalue weighted by Crippen LogP contribution is -2.14. The molecule has 0 bridgehead atoms. The summed E-state index contributed by atoms with van der Waals surface area (Å²) in [7, 11) is 0. The highest BCUT2D eigenvalue weighted by molar-refractivity contribution is 7.10. The molecule has 0 saturated carbocycles. The van der Waals surface area contributed by atoms with E-state index in [1.807, 2.05) is 32.2 Å². The normalized spacial score (nSPS) is 12.4. The standard InChI is InChI=1S/C12H17N5OS/c1-7(2)18-12-16-10(13)15-11(17-12)14-8(3)9-5-4-6-19-9/h4-8H,1-3H3,(H3,13,14,15,16,17). The number of thiophene rings is 1. The van der Waals surface area contributed by atoms with Gasteiger partial charge in [-0.15, -0.1) is 11.3 Å². The Morgan fingerprint density at radius 1 is 1.26 bits per heavy atom. The van der Waals surface area contributed by atoms with Crippen LogP contribution in [0.3, 0.4) is 0 Å². The topological polar surface area (TPSA) is 86.0 Å². The summed E-state index contributed by atoms with van der Waals surface area (Å²) >= 11 is 1.67. The van der Waals surface area contributed by atoms with Crippen molar-refractivity contribution in [2.24, 2.45) is 0 Å². The van der Waals surface area contributed by atoms with E-state index in [0.29, 0.717) is 5.95 Å². The van der Waals surface area contributed by atoms with Crippen molar-refractivity contribution in [2.45, 2.75) is 32.9 Å². The number of ether oxygens (including phenoxy) is 1. The van der Waals surface area contributed by atoms with Crippen LogP contribution < -0.4 is 15.8 Å². The SMILES string of the molecule is CC(C)Oc1nc(N)nc(NC(C)c2cccs2)n1. The van der Waals surface area contributed by atoms with E-state index in [1.54, 1.807) is 11.3 Å². The molecular weight excluding hydrogens is 262 g/mol. The van der Waals surface area contributed by atoms with Crippen molar-refractivity contribution >= 4 is 23.2 Å². The molecule has 0 aliphatic heterocycles. The number of aromatic nitrogens is 3. The molecule has 0 aliphatic rings. The van der Waals surface area contributed by atoms with Crippen LogP contribution in [-0.2, 0) is 0 Å². The van der Waals surface area contributed by atoms with Gasteiger partial charge in [-0.05, 0) is 32.2 Å². The number of nitrogen functional groups attached to an aromatic ring is 1. The van der Waals surface area contributed by atoms with Crippen molar-refractivity contribution in [1.29, 1.82) is 0 Å². The molecule has 1 atom stereocenters. The summed E-state index contributed by atoms with van der Waals surface area (Å²) in [5.41, 5.74) is 5.65. The second kappa shape index (κ2) is 5.83. The number of hydrogen-bond donors (Lipinski definition) is 2. The van der Waals surface area contributed by atoms with Crippen molar-refractivity contribution in [3.63, 3.8) is 0 Å². The number of rotatable bonds is 5. The van der Waals surface area contributed by atoms with E-state index >= 15 is 0 Å². The van der Waals surface area contributed by atoms with Crippen molar-refractivity contribution in [2.75, 3.05) is 11.1 Å². The summed E-state index contributed by atoms with van der Waals surface area (Å²) < 4.78 is 5.43. The third-order valence-corrected chi connectivity index (χ3v) is 3.34. The molecule has 6 nitrogen and oxygen atoms in total. The Morgan fingerprint density at radius 2 is 2.05 bits per heavy atom. The van der Waals surface area contributed by atoms with Crippen molar-refractivity contribution < 1.29 is 4.74 Å². The van der Waals surface area contributed by atoms with Gasteiger partial charge in [0.05, 0.1) is 12.1 Å². The Morgan fingerprint density at radius 3 is 2.68 bits per heavy atom. The van der Waals surface area contributed by atoms with Gasteiger partial charge in [0.25, 0.3) is 0 Å². The third-order valence-electron chi connectivity index (χ3n) is 2.29. The lowest BCUT2D eigenvalue weighted by molar-refractivity contribution is 0.222. The van der Waals surface area contributed by atoms with Crippen LogP contribution in [-0.4, -0.2) is 21.1 Å². The maximum Gasteiger partial charge on any atom is 0.323 e. The molecule has 19 heavy (non-hydrogen) atoms. The fourth-order valence-corrected chi connectivity index (χ4v) is 2.24. The molecule has 1 unspecified atom stereocenters. The molecule has 0 radical (unpaired) electrons. The Labute approximate surface area is 116 Å². The van der Waals surface area contributed by atoms with E-state index in [-0.39, 0.29) is 24.1 Å². The minimum Gasteiger partial charge on any atom is -0.461 e. The van der Waals surface area contributed by atoms with Gasteiger partial charge in [-0.3, -0.25) is 0 Å². The van der Waals surface area contributed by atoms with Crippen LogP contribution in [0.25, 0.3) is 0 Å². The molecule has 7 heteroatoms. The Hall–Kier alpha value is -1.89. The van der Waals surface area contributed by atoms with E-state index in [9.17, 15) is 0 Å². The monoisotopic (exact) mass is 279 g/mol. The number of nitrogens with two attached hydrogens (primary N) is 1. The van der Waals surface area contributed by atoms with Crippen molar-refractivity contribution in [1.82, 2.24) is 15.0 Å². The van der Waals surface area contributed by atoms with Gasteiger partial charge < -0.3 is 15.8 Å². The van der Waals surface area contributed by atoms with Gasteiger partial charge in [0, 0.05) is 4.88 Å².